The van der Waals surface area contributed by atoms with Crippen LogP contribution in [0.3, 0.4) is 0 Å². The first-order chi connectivity index (χ1) is 9.09. The van der Waals surface area contributed by atoms with Gasteiger partial charge < -0.3 is 20.1 Å². The molecule has 11 heteroatoms. The van der Waals surface area contributed by atoms with Gasteiger partial charge in [0.15, 0.2) is 0 Å². The number of carbonyl (C=O) groups excluding carboxylic acids is 1. The first kappa shape index (κ1) is 20.1. The average molecular weight is 368 g/mol. The fraction of sp³-hybridized carbons (Fsp3) is 0.875. The predicted molar refractivity (Wildman–Crippen MR) is 87.2 cm³/mol. The van der Waals surface area contributed by atoms with E-state index in [4.69, 9.17) is 20.1 Å². The molecule has 0 spiro atoms. The molecule has 114 valence electrons. The van der Waals surface area contributed by atoms with Crippen LogP contribution in [-0.4, -0.2) is 59.5 Å². The van der Waals surface area contributed by atoms with E-state index in [1.54, 1.807) is 0 Å². The molecule has 0 aromatic heterocycles. The molecular formula is C8H17NO5S5. The number of hydrogen-bond acceptors (Lipinski definition) is 11. The van der Waals surface area contributed by atoms with Gasteiger partial charge in [-0.25, -0.2) is 4.72 Å². The van der Waals surface area contributed by atoms with Crippen molar-refractivity contribution in [1.82, 2.24) is 4.72 Å². The monoisotopic (exact) mass is 367 g/mol. The summed E-state index contributed by atoms with van der Waals surface area (Å²) in [5.74, 6) is -0.333. The molecule has 0 aliphatic carbocycles. The number of thiol groups is 2. The summed E-state index contributed by atoms with van der Waals surface area (Å²) in [5.41, 5.74) is -1.22. The Morgan fingerprint density at radius 3 is 2.32 bits per heavy atom. The summed E-state index contributed by atoms with van der Waals surface area (Å²) in [6.45, 7) is -1.70. The third kappa shape index (κ3) is 7.58. The second-order valence-corrected chi connectivity index (χ2v) is 8.64. The van der Waals surface area contributed by atoms with Crippen LogP contribution in [-0.2, 0) is 9.53 Å². The third-order valence-corrected chi connectivity index (χ3v) is 6.60. The van der Waals surface area contributed by atoms with Crippen molar-refractivity contribution in [3.05, 3.63) is 0 Å². The second kappa shape index (κ2) is 11.7. The molecular weight excluding hydrogens is 350 g/mol. The van der Waals surface area contributed by atoms with Crippen molar-refractivity contribution in [2.75, 3.05) is 32.2 Å². The van der Waals surface area contributed by atoms with Crippen molar-refractivity contribution in [1.29, 1.82) is 0 Å². The number of rotatable bonds is 11. The van der Waals surface area contributed by atoms with E-state index in [9.17, 15) is 4.79 Å². The van der Waals surface area contributed by atoms with E-state index in [0.29, 0.717) is 0 Å². The van der Waals surface area contributed by atoms with Crippen molar-refractivity contribution in [2.24, 2.45) is 5.41 Å². The largest absolute Gasteiger partial charge is 0.464 e. The molecule has 1 atom stereocenters. The highest BCUT2D eigenvalue weighted by Gasteiger charge is 2.31. The maximum Gasteiger partial charge on any atom is 0.324 e. The molecule has 0 aliphatic heterocycles. The van der Waals surface area contributed by atoms with E-state index in [1.807, 2.05) is 0 Å². The lowest BCUT2D eigenvalue weighted by atomic mass is 9.93. The molecule has 6 nitrogen and oxygen atoms in total. The number of hydrogen-bond donors (Lipinski definition) is 6. The number of esters is 1. The summed E-state index contributed by atoms with van der Waals surface area (Å²) >= 11 is 7.95. The summed E-state index contributed by atoms with van der Waals surface area (Å²) in [4.78, 5) is 11.7. The molecule has 0 aromatic carbocycles. The van der Waals surface area contributed by atoms with Gasteiger partial charge in [-0.1, -0.05) is 11.7 Å². The lowest BCUT2D eigenvalue weighted by molar-refractivity contribution is -0.152. The first-order valence-corrected chi connectivity index (χ1v) is 10.2. The normalized spacial score (nSPS) is 13.3. The molecule has 0 heterocycles. The van der Waals surface area contributed by atoms with Crippen LogP contribution >= 0.6 is 54.9 Å². The lowest BCUT2D eigenvalue weighted by Crippen LogP contribution is -2.42. The van der Waals surface area contributed by atoms with Crippen LogP contribution in [0.25, 0.3) is 0 Å². The Hall–Kier alpha value is 1.06. The Kier molecular flexibility index (Phi) is 12.3. The molecule has 0 aromatic rings. The molecule has 0 radical (unpaired) electrons. The topological polar surface area (TPSA) is 99.0 Å². The highest BCUT2D eigenvalue weighted by molar-refractivity contribution is 9.23. The zero-order chi connectivity index (χ0) is 14.7. The van der Waals surface area contributed by atoms with Gasteiger partial charge in [0.1, 0.15) is 12.6 Å². The third-order valence-electron chi connectivity index (χ3n) is 2.25. The van der Waals surface area contributed by atoms with E-state index in [-0.39, 0.29) is 12.4 Å². The molecule has 0 bridgehead atoms. The van der Waals surface area contributed by atoms with Crippen molar-refractivity contribution in [3.63, 3.8) is 0 Å². The summed E-state index contributed by atoms with van der Waals surface area (Å²) < 4.78 is 7.82. The van der Waals surface area contributed by atoms with Crippen LogP contribution in [0, 0.1) is 5.41 Å². The molecule has 0 saturated carbocycles. The molecule has 0 amide bonds. The van der Waals surface area contributed by atoms with Gasteiger partial charge in [-0.15, -0.1) is 0 Å². The van der Waals surface area contributed by atoms with E-state index in [2.05, 4.69) is 29.0 Å². The second-order valence-electron chi connectivity index (χ2n) is 3.66. The number of nitrogens with one attached hydrogen (secondary N) is 1. The quantitative estimate of drug-likeness (QED) is 0.100. The van der Waals surface area contributed by atoms with Crippen LogP contribution in [0.1, 0.15) is 0 Å². The SMILES string of the molecule is O=C(OCC(CO)(CO)CO)[C@H](CS)NSSSS. The minimum absolute atomic E-state index is 0.230. The van der Waals surface area contributed by atoms with Crippen molar-refractivity contribution in [3.8, 4) is 0 Å². The Balaban J connectivity index is 4.25. The molecule has 0 unspecified atom stereocenters. The van der Waals surface area contributed by atoms with Gasteiger partial charge in [0.05, 0.1) is 25.2 Å². The number of ether oxygens (including phenoxy) is 1. The Morgan fingerprint density at radius 1 is 1.32 bits per heavy atom. The fourth-order valence-electron chi connectivity index (χ4n) is 0.865. The first-order valence-electron chi connectivity index (χ1n) is 5.08. The number of carbonyl (C=O) groups is 1. The van der Waals surface area contributed by atoms with Crippen LogP contribution in [0.4, 0.5) is 0 Å². The molecule has 0 rings (SSSR count). The van der Waals surface area contributed by atoms with E-state index in [0.717, 1.165) is 0 Å². The van der Waals surface area contributed by atoms with Crippen molar-refractivity contribution < 1.29 is 24.9 Å². The molecule has 0 aliphatic rings. The lowest BCUT2D eigenvalue weighted by Gasteiger charge is -2.27. The average Bonchev–Trinajstić information content (AvgIpc) is 2.45. The van der Waals surface area contributed by atoms with Gasteiger partial charge in [0.2, 0.25) is 0 Å². The molecule has 19 heavy (non-hydrogen) atoms. The molecule has 0 fully saturated rings. The maximum atomic E-state index is 11.7. The molecule has 4 N–H and O–H groups in total. The van der Waals surface area contributed by atoms with Gasteiger partial charge in [-0.3, -0.25) is 4.79 Å². The van der Waals surface area contributed by atoms with Gasteiger partial charge in [-0.05, 0) is 9.83 Å². The van der Waals surface area contributed by atoms with Crippen LogP contribution in [0.5, 0.6) is 0 Å². The summed E-state index contributed by atoms with van der Waals surface area (Å²) in [6.07, 6.45) is 0. The van der Waals surface area contributed by atoms with Gasteiger partial charge in [0.25, 0.3) is 0 Å². The smallest absolute Gasteiger partial charge is 0.324 e. The highest BCUT2D eigenvalue weighted by Crippen LogP contribution is 2.35. The van der Waals surface area contributed by atoms with Crippen molar-refractivity contribution in [2.45, 2.75) is 6.04 Å². The van der Waals surface area contributed by atoms with Crippen LogP contribution in [0.2, 0.25) is 0 Å². The van der Waals surface area contributed by atoms with E-state index in [1.165, 1.54) is 30.6 Å². The standard InChI is InChI=1S/C8H17NO5S5/c10-2-8(3-11,4-12)5-14-7(13)6(1-15)9-17-19-18-16/h6,9-12,15-16H,1-5H2/t6-/m0/s1. The Bertz CT molecular complexity index is 247. The minimum Gasteiger partial charge on any atom is -0.464 e. The van der Waals surface area contributed by atoms with Crippen LogP contribution in [0.15, 0.2) is 0 Å². The fourth-order valence-corrected chi connectivity index (χ4v) is 3.60. The van der Waals surface area contributed by atoms with Gasteiger partial charge in [-0.2, -0.15) is 12.6 Å². The summed E-state index contributed by atoms with van der Waals surface area (Å²) in [7, 11) is 3.78. The Morgan fingerprint density at radius 2 is 1.89 bits per heavy atom. The predicted octanol–water partition coefficient (Wildman–Crippen LogP) is 0.170. The minimum atomic E-state index is -1.22. The summed E-state index contributed by atoms with van der Waals surface area (Å²) in [6, 6.07) is -0.630. The van der Waals surface area contributed by atoms with E-state index >= 15 is 0 Å². The maximum absolute atomic E-state index is 11.7. The van der Waals surface area contributed by atoms with Crippen molar-refractivity contribution >= 4 is 60.9 Å². The number of aliphatic hydroxyl groups is 3. The van der Waals surface area contributed by atoms with Gasteiger partial charge in [0, 0.05) is 26.6 Å². The van der Waals surface area contributed by atoms with Gasteiger partial charge >= 0.3 is 5.97 Å². The number of aliphatic hydroxyl groups excluding tert-OH is 3. The van der Waals surface area contributed by atoms with E-state index < -0.39 is 37.2 Å². The summed E-state index contributed by atoms with van der Waals surface area (Å²) in [5, 5.41) is 27.3. The molecule has 0 saturated heterocycles. The highest BCUT2D eigenvalue weighted by atomic mass is 33.7. The van der Waals surface area contributed by atoms with Crippen LogP contribution < -0.4 is 4.72 Å². The zero-order valence-corrected chi connectivity index (χ0v) is 14.1. The zero-order valence-electron chi connectivity index (χ0n) is 9.89. The Labute approximate surface area is 134 Å².